The molecule has 0 aromatic carbocycles. The zero-order valence-corrected chi connectivity index (χ0v) is 11.8. The van der Waals surface area contributed by atoms with Gasteiger partial charge in [0.25, 0.3) is 5.91 Å². The molecule has 0 aliphatic heterocycles. The fraction of sp³-hybridized carbons (Fsp3) is 0.429. The molecule has 6 heteroatoms. The molecule has 0 saturated carbocycles. The monoisotopic (exact) mass is 275 g/mol. The first kappa shape index (κ1) is 15.6. The molecule has 0 unspecified atom stereocenters. The quantitative estimate of drug-likeness (QED) is 0.756. The molecule has 0 aliphatic rings. The summed E-state index contributed by atoms with van der Waals surface area (Å²) in [6.45, 7) is 4.00. The molecule has 1 amide bonds. The van der Waals surface area contributed by atoms with Crippen molar-refractivity contribution < 1.29 is 14.3 Å². The molecule has 0 radical (unpaired) electrons. The number of aryl methyl sites for hydroxylation is 1. The fourth-order valence-electron chi connectivity index (χ4n) is 1.59. The van der Waals surface area contributed by atoms with Crippen molar-refractivity contribution in [3.63, 3.8) is 0 Å². The minimum Gasteiger partial charge on any atom is -0.466 e. The Morgan fingerprint density at radius 3 is 2.70 bits per heavy atom. The highest BCUT2D eigenvalue weighted by Gasteiger charge is 2.15. The maximum Gasteiger partial charge on any atom is 0.307 e. The Balaban J connectivity index is 2.68. The number of rotatable bonds is 5. The third kappa shape index (κ3) is 4.05. The number of nitrogens with zero attached hydrogens (tertiary/aromatic N) is 3. The van der Waals surface area contributed by atoms with Gasteiger partial charge in [-0.2, -0.15) is 5.26 Å². The molecule has 20 heavy (non-hydrogen) atoms. The van der Waals surface area contributed by atoms with E-state index in [1.807, 2.05) is 6.07 Å². The van der Waals surface area contributed by atoms with E-state index < -0.39 is 0 Å². The molecule has 1 rings (SSSR count). The first-order valence-corrected chi connectivity index (χ1v) is 6.28. The van der Waals surface area contributed by atoms with Crippen molar-refractivity contribution in [3.8, 4) is 6.07 Å². The van der Waals surface area contributed by atoms with Gasteiger partial charge in [-0.1, -0.05) is 0 Å². The van der Waals surface area contributed by atoms with Crippen LogP contribution in [0.5, 0.6) is 0 Å². The largest absolute Gasteiger partial charge is 0.466 e. The van der Waals surface area contributed by atoms with Crippen LogP contribution in [0.2, 0.25) is 0 Å². The summed E-state index contributed by atoms with van der Waals surface area (Å²) in [5.41, 5.74) is 1.21. The van der Waals surface area contributed by atoms with E-state index in [0.29, 0.717) is 17.9 Å². The van der Waals surface area contributed by atoms with E-state index in [-0.39, 0.29) is 30.5 Å². The van der Waals surface area contributed by atoms with Crippen molar-refractivity contribution in [1.82, 2.24) is 9.88 Å². The second-order valence-electron chi connectivity index (χ2n) is 4.22. The van der Waals surface area contributed by atoms with Crippen molar-refractivity contribution in [2.24, 2.45) is 0 Å². The lowest BCUT2D eigenvalue weighted by molar-refractivity contribution is -0.143. The molecule has 0 aliphatic carbocycles. The van der Waals surface area contributed by atoms with Crippen LogP contribution in [0.25, 0.3) is 0 Å². The van der Waals surface area contributed by atoms with Gasteiger partial charge < -0.3 is 9.64 Å². The second kappa shape index (κ2) is 7.24. The first-order chi connectivity index (χ1) is 9.49. The van der Waals surface area contributed by atoms with Crippen LogP contribution in [0.15, 0.2) is 12.1 Å². The molecular formula is C14H17N3O3. The number of pyridine rings is 1. The van der Waals surface area contributed by atoms with Gasteiger partial charge in [-0.15, -0.1) is 0 Å². The van der Waals surface area contributed by atoms with Crippen LogP contribution in [0.1, 0.15) is 35.1 Å². The van der Waals surface area contributed by atoms with Gasteiger partial charge in [0.2, 0.25) is 0 Å². The maximum atomic E-state index is 12.1. The van der Waals surface area contributed by atoms with Gasteiger partial charge in [0.1, 0.15) is 11.8 Å². The molecule has 1 aromatic heterocycles. The molecule has 1 heterocycles. The summed E-state index contributed by atoms with van der Waals surface area (Å²) in [6, 6.07) is 5.07. The van der Waals surface area contributed by atoms with E-state index in [1.54, 1.807) is 27.0 Å². The van der Waals surface area contributed by atoms with Gasteiger partial charge in [0, 0.05) is 13.6 Å². The van der Waals surface area contributed by atoms with Gasteiger partial charge in [-0.05, 0) is 26.0 Å². The second-order valence-corrected chi connectivity index (χ2v) is 4.22. The zero-order valence-electron chi connectivity index (χ0n) is 11.8. The SMILES string of the molecule is CCOC(=O)CCN(C)C(=O)c1ccc(C#N)c(C)n1. The third-order valence-electron chi connectivity index (χ3n) is 2.73. The number of hydrogen-bond donors (Lipinski definition) is 0. The predicted molar refractivity (Wildman–Crippen MR) is 71.9 cm³/mol. The van der Waals surface area contributed by atoms with E-state index in [1.165, 1.54) is 11.0 Å². The summed E-state index contributed by atoms with van der Waals surface area (Å²) >= 11 is 0. The number of nitriles is 1. The fourth-order valence-corrected chi connectivity index (χ4v) is 1.59. The van der Waals surface area contributed by atoms with Gasteiger partial charge in [-0.25, -0.2) is 4.98 Å². The van der Waals surface area contributed by atoms with E-state index in [0.717, 1.165) is 0 Å². The van der Waals surface area contributed by atoms with Crippen molar-refractivity contribution in [2.45, 2.75) is 20.3 Å². The number of hydrogen-bond acceptors (Lipinski definition) is 5. The van der Waals surface area contributed by atoms with E-state index in [4.69, 9.17) is 10.00 Å². The van der Waals surface area contributed by atoms with Crippen molar-refractivity contribution in [2.75, 3.05) is 20.2 Å². The van der Waals surface area contributed by atoms with Gasteiger partial charge in [0.15, 0.2) is 0 Å². The summed E-state index contributed by atoms with van der Waals surface area (Å²) in [5, 5.41) is 8.82. The predicted octanol–water partition coefficient (Wildman–Crippen LogP) is 1.29. The molecular weight excluding hydrogens is 258 g/mol. The minimum absolute atomic E-state index is 0.144. The van der Waals surface area contributed by atoms with Gasteiger partial charge in [0.05, 0.1) is 24.3 Å². The molecule has 0 atom stereocenters. The standard InChI is InChI=1S/C14H17N3O3/c1-4-20-13(18)7-8-17(3)14(19)12-6-5-11(9-15)10(2)16-12/h5-6H,4,7-8H2,1-3H3. The number of carbonyl (C=O) groups excluding carboxylic acids is 2. The molecule has 6 nitrogen and oxygen atoms in total. The number of esters is 1. The van der Waals surface area contributed by atoms with Crippen molar-refractivity contribution >= 4 is 11.9 Å². The topological polar surface area (TPSA) is 83.3 Å². The van der Waals surface area contributed by atoms with Crippen LogP contribution in [0.4, 0.5) is 0 Å². The van der Waals surface area contributed by atoms with E-state index in [9.17, 15) is 9.59 Å². The van der Waals surface area contributed by atoms with Crippen LogP contribution < -0.4 is 0 Å². The highest BCUT2D eigenvalue weighted by molar-refractivity contribution is 5.92. The number of amides is 1. The Labute approximate surface area is 118 Å². The molecule has 1 aromatic rings. The minimum atomic E-state index is -0.337. The Morgan fingerprint density at radius 2 is 2.15 bits per heavy atom. The van der Waals surface area contributed by atoms with E-state index in [2.05, 4.69) is 4.98 Å². The highest BCUT2D eigenvalue weighted by atomic mass is 16.5. The van der Waals surface area contributed by atoms with Crippen LogP contribution >= 0.6 is 0 Å². The lowest BCUT2D eigenvalue weighted by Crippen LogP contribution is -2.30. The Bertz CT molecular complexity index is 549. The summed E-state index contributed by atoms with van der Waals surface area (Å²) in [4.78, 5) is 28.8. The average Bonchev–Trinajstić information content (AvgIpc) is 2.44. The lowest BCUT2D eigenvalue weighted by Gasteiger charge is -2.16. The van der Waals surface area contributed by atoms with Crippen LogP contribution in [-0.4, -0.2) is 42.0 Å². The average molecular weight is 275 g/mol. The normalized spacial score (nSPS) is 9.70. The first-order valence-electron chi connectivity index (χ1n) is 6.28. The van der Waals surface area contributed by atoms with Crippen molar-refractivity contribution in [3.05, 3.63) is 29.1 Å². The molecule has 0 saturated heterocycles. The maximum absolute atomic E-state index is 12.1. The van der Waals surface area contributed by atoms with E-state index >= 15 is 0 Å². The molecule has 0 fully saturated rings. The summed E-state index contributed by atoms with van der Waals surface area (Å²) < 4.78 is 4.80. The molecule has 0 spiro atoms. The third-order valence-corrected chi connectivity index (χ3v) is 2.73. The Kier molecular flexibility index (Phi) is 5.66. The van der Waals surface area contributed by atoms with Gasteiger partial charge >= 0.3 is 5.97 Å². The number of carbonyl (C=O) groups is 2. The molecule has 0 bridgehead atoms. The van der Waals surface area contributed by atoms with Gasteiger partial charge in [-0.3, -0.25) is 9.59 Å². The van der Waals surface area contributed by atoms with Crippen LogP contribution in [0, 0.1) is 18.3 Å². The highest BCUT2D eigenvalue weighted by Crippen LogP contribution is 2.07. The Morgan fingerprint density at radius 1 is 1.45 bits per heavy atom. The summed E-state index contributed by atoms with van der Waals surface area (Å²) in [7, 11) is 1.59. The summed E-state index contributed by atoms with van der Waals surface area (Å²) in [5.74, 6) is -0.627. The molecule has 0 N–H and O–H groups in total. The Hall–Kier alpha value is -2.42. The smallest absolute Gasteiger partial charge is 0.307 e. The summed E-state index contributed by atoms with van der Waals surface area (Å²) in [6.07, 6.45) is 0.144. The zero-order chi connectivity index (χ0) is 15.1. The number of aromatic nitrogens is 1. The van der Waals surface area contributed by atoms with Crippen LogP contribution in [0.3, 0.4) is 0 Å². The number of ether oxygens (including phenoxy) is 1. The molecule has 106 valence electrons. The lowest BCUT2D eigenvalue weighted by atomic mass is 10.2. The van der Waals surface area contributed by atoms with Crippen molar-refractivity contribution in [1.29, 1.82) is 5.26 Å². The van der Waals surface area contributed by atoms with Crippen LogP contribution in [-0.2, 0) is 9.53 Å².